The largest absolute Gasteiger partial charge is 0.457 e. The predicted octanol–water partition coefficient (Wildman–Crippen LogP) is 3.77. The molecule has 1 nitrogen and oxygen atoms in total. The van der Waals surface area contributed by atoms with Crippen LogP contribution in [0.15, 0.2) is 48.5 Å². The number of ether oxygens (including phenoxy) is 1. The lowest BCUT2D eigenvalue weighted by Crippen LogP contribution is -1.85. The lowest BCUT2D eigenvalue weighted by atomic mass is 10.2. The lowest BCUT2D eigenvalue weighted by molar-refractivity contribution is 0.482. The van der Waals surface area contributed by atoms with E-state index < -0.39 is 0 Å². The number of aryl methyl sites for hydroxylation is 1. The van der Waals surface area contributed by atoms with Crippen LogP contribution < -0.4 is 4.74 Å². The molecule has 2 aromatic rings. The zero-order valence-corrected chi connectivity index (χ0v) is 9.10. The van der Waals surface area contributed by atoms with Gasteiger partial charge in [0.25, 0.3) is 0 Å². The standard InChI is InChI=1S/C15H12O/c1-3-13-5-4-6-15(11-13)16-14-9-7-12(2)8-10-14/h1,4-11H,2H3. The number of hydrogen-bond donors (Lipinski definition) is 0. The van der Waals surface area contributed by atoms with Crippen LogP contribution in [-0.4, -0.2) is 0 Å². The van der Waals surface area contributed by atoms with Crippen LogP contribution in [0.4, 0.5) is 0 Å². The molecule has 0 radical (unpaired) electrons. The van der Waals surface area contributed by atoms with Crippen LogP contribution in [0, 0.1) is 19.3 Å². The Hall–Kier alpha value is -2.20. The van der Waals surface area contributed by atoms with Crippen LogP contribution in [0.3, 0.4) is 0 Å². The third-order valence-electron chi connectivity index (χ3n) is 2.26. The SMILES string of the molecule is C#Cc1cccc(Oc2ccc(C)cc2)c1. The van der Waals surface area contributed by atoms with Gasteiger partial charge in [0.15, 0.2) is 0 Å². The van der Waals surface area contributed by atoms with Crippen LogP contribution in [-0.2, 0) is 0 Å². The van der Waals surface area contributed by atoms with Crippen molar-refractivity contribution in [1.82, 2.24) is 0 Å². The Morgan fingerprint density at radius 3 is 2.44 bits per heavy atom. The third-order valence-corrected chi connectivity index (χ3v) is 2.26. The molecule has 0 aromatic heterocycles. The van der Waals surface area contributed by atoms with Gasteiger partial charge in [-0.3, -0.25) is 0 Å². The highest BCUT2D eigenvalue weighted by Gasteiger charge is 1.97. The third kappa shape index (κ3) is 2.43. The summed E-state index contributed by atoms with van der Waals surface area (Å²) in [4.78, 5) is 0. The minimum atomic E-state index is 0.763. The van der Waals surface area contributed by atoms with Crippen LogP contribution in [0.2, 0.25) is 0 Å². The van der Waals surface area contributed by atoms with Gasteiger partial charge < -0.3 is 4.74 Å². The second-order valence-electron chi connectivity index (χ2n) is 3.59. The van der Waals surface area contributed by atoms with Crippen LogP contribution in [0.25, 0.3) is 0 Å². The number of benzene rings is 2. The van der Waals surface area contributed by atoms with E-state index in [-0.39, 0.29) is 0 Å². The van der Waals surface area contributed by atoms with Gasteiger partial charge in [-0.1, -0.05) is 29.7 Å². The summed E-state index contributed by atoms with van der Waals surface area (Å²) >= 11 is 0. The Bertz CT molecular complexity index is 518. The van der Waals surface area contributed by atoms with Crippen LogP contribution in [0.1, 0.15) is 11.1 Å². The van der Waals surface area contributed by atoms with E-state index >= 15 is 0 Å². The van der Waals surface area contributed by atoms with Crippen molar-refractivity contribution in [1.29, 1.82) is 0 Å². The molecular formula is C15H12O. The monoisotopic (exact) mass is 208 g/mol. The summed E-state index contributed by atoms with van der Waals surface area (Å²) in [5.41, 5.74) is 2.04. The summed E-state index contributed by atoms with van der Waals surface area (Å²) in [5.74, 6) is 4.16. The van der Waals surface area contributed by atoms with Gasteiger partial charge in [0.1, 0.15) is 11.5 Å². The fraction of sp³-hybridized carbons (Fsp3) is 0.0667. The van der Waals surface area contributed by atoms with Gasteiger partial charge in [0.2, 0.25) is 0 Å². The summed E-state index contributed by atoms with van der Waals surface area (Å²) in [6, 6.07) is 15.4. The van der Waals surface area contributed by atoms with Crippen molar-refractivity contribution in [2.75, 3.05) is 0 Å². The van der Waals surface area contributed by atoms with Gasteiger partial charge in [0.05, 0.1) is 0 Å². The van der Waals surface area contributed by atoms with Gasteiger partial charge in [-0.2, -0.15) is 0 Å². The van der Waals surface area contributed by atoms with Crippen LogP contribution in [0.5, 0.6) is 11.5 Å². The number of terminal acetylenes is 1. The first kappa shape index (κ1) is 10.3. The lowest BCUT2D eigenvalue weighted by Gasteiger charge is -2.05. The normalized spacial score (nSPS) is 9.50. The van der Waals surface area contributed by atoms with E-state index in [0.29, 0.717) is 0 Å². The maximum atomic E-state index is 5.68. The molecule has 0 bridgehead atoms. The second kappa shape index (κ2) is 4.55. The van der Waals surface area contributed by atoms with Crippen molar-refractivity contribution in [2.24, 2.45) is 0 Å². The Morgan fingerprint density at radius 1 is 1.00 bits per heavy atom. The van der Waals surface area contributed by atoms with Crippen LogP contribution >= 0.6 is 0 Å². The van der Waals surface area contributed by atoms with Crippen molar-refractivity contribution in [3.8, 4) is 23.8 Å². The van der Waals surface area contributed by atoms with Gasteiger partial charge in [-0.15, -0.1) is 6.42 Å². The molecule has 2 aromatic carbocycles. The highest BCUT2D eigenvalue weighted by atomic mass is 16.5. The Morgan fingerprint density at radius 2 is 1.75 bits per heavy atom. The second-order valence-corrected chi connectivity index (χ2v) is 3.59. The molecule has 0 aliphatic rings. The summed E-state index contributed by atoms with van der Waals surface area (Å²) in [7, 11) is 0. The van der Waals surface area contributed by atoms with Crippen molar-refractivity contribution >= 4 is 0 Å². The van der Waals surface area contributed by atoms with Crippen molar-refractivity contribution in [3.05, 3.63) is 59.7 Å². The van der Waals surface area contributed by atoms with E-state index in [2.05, 4.69) is 5.92 Å². The fourth-order valence-electron chi connectivity index (χ4n) is 1.39. The van der Waals surface area contributed by atoms with Crippen molar-refractivity contribution in [2.45, 2.75) is 6.92 Å². The molecule has 0 saturated carbocycles. The molecular weight excluding hydrogens is 196 g/mol. The highest BCUT2D eigenvalue weighted by molar-refractivity contribution is 5.40. The summed E-state index contributed by atoms with van der Waals surface area (Å²) in [5, 5.41) is 0. The molecule has 0 N–H and O–H groups in total. The molecule has 0 unspecified atom stereocenters. The molecule has 0 amide bonds. The molecule has 0 aliphatic heterocycles. The molecule has 0 saturated heterocycles. The van der Waals surface area contributed by atoms with E-state index in [1.54, 1.807) is 0 Å². The first-order chi connectivity index (χ1) is 7.78. The minimum absolute atomic E-state index is 0.763. The molecule has 0 atom stereocenters. The summed E-state index contributed by atoms with van der Waals surface area (Å²) in [6.45, 7) is 2.04. The van der Waals surface area contributed by atoms with E-state index in [4.69, 9.17) is 11.2 Å². The smallest absolute Gasteiger partial charge is 0.128 e. The molecule has 0 spiro atoms. The van der Waals surface area contributed by atoms with Gasteiger partial charge in [-0.25, -0.2) is 0 Å². The molecule has 0 heterocycles. The van der Waals surface area contributed by atoms with E-state index in [0.717, 1.165) is 17.1 Å². The molecule has 0 fully saturated rings. The van der Waals surface area contributed by atoms with Crippen molar-refractivity contribution in [3.63, 3.8) is 0 Å². The van der Waals surface area contributed by atoms with E-state index in [9.17, 15) is 0 Å². The molecule has 16 heavy (non-hydrogen) atoms. The summed E-state index contributed by atoms with van der Waals surface area (Å²) in [6.07, 6.45) is 5.33. The highest BCUT2D eigenvalue weighted by Crippen LogP contribution is 2.22. The Kier molecular flexibility index (Phi) is 2.93. The Labute approximate surface area is 95.7 Å². The number of hydrogen-bond acceptors (Lipinski definition) is 1. The quantitative estimate of drug-likeness (QED) is 0.683. The van der Waals surface area contributed by atoms with E-state index in [1.807, 2.05) is 55.5 Å². The first-order valence-corrected chi connectivity index (χ1v) is 5.09. The minimum Gasteiger partial charge on any atom is -0.457 e. The zero-order valence-electron chi connectivity index (χ0n) is 9.10. The first-order valence-electron chi connectivity index (χ1n) is 5.09. The maximum absolute atomic E-state index is 5.68. The van der Waals surface area contributed by atoms with Gasteiger partial charge >= 0.3 is 0 Å². The summed E-state index contributed by atoms with van der Waals surface area (Å²) < 4.78 is 5.68. The van der Waals surface area contributed by atoms with Crippen molar-refractivity contribution < 1.29 is 4.74 Å². The van der Waals surface area contributed by atoms with E-state index in [1.165, 1.54) is 5.56 Å². The van der Waals surface area contributed by atoms with Gasteiger partial charge in [-0.05, 0) is 37.3 Å². The van der Waals surface area contributed by atoms with Gasteiger partial charge in [0, 0.05) is 5.56 Å². The molecule has 2 rings (SSSR count). The average molecular weight is 208 g/mol. The molecule has 0 aliphatic carbocycles. The predicted molar refractivity (Wildman–Crippen MR) is 65.6 cm³/mol. The topological polar surface area (TPSA) is 9.23 Å². The Balaban J connectivity index is 2.21. The molecule has 78 valence electrons. The molecule has 1 heteroatoms. The zero-order chi connectivity index (χ0) is 11.4. The average Bonchev–Trinajstić information content (AvgIpc) is 2.32. The number of rotatable bonds is 2. The maximum Gasteiger partial charge on any atom is 0.128 e. The fourth-order valence-corrected chi connectivity index (χ4v) is 1.39.